The number of ether oxygens (including phenoxy) is 1. The van der Waals surface area contributed by atoms with Crippen LogP contribution >= 0.6 is 0 Å². The molecule has 1 aromatic carbocycles. The van der Waals surface area contributed by atoms with Gasteiger partial charge in [-0.15, -0.1) is 0 Å². The number of carbonyl (C=O) groups excluding carboxylic acids is 1. The molecule has 3 aliphatic heterocycles. The summed E-state index contributed by atoms with van der Waals surface area (Å²) in [6, 6.07) is 9.25. The van der Waals surface area contributed by atoms with E-state index in [1.807, 2.05) is 18.9 Å². The van der Waals surface area contributed by atoms with Crippen molar-refractivity contribution in [2.45, 2.75) is 76.0 Å². The second kappa shape index (κ2) is 10.5. The number of carbonyl (C=O) groups is 1. The van der Waals surface area contributed by atoms with Crippen molar-refractivity contribution >= 4 is 11.7 Å². The Kier molecular flexibility index (Phi) is 7.07. The number of likely N-dealkylation sites (tertiary alicyclic amines) is 2. The van der Waals surface area contributed by atoms with Crippen LogP contribution < -0.4 is 9.64 Å². The molecule has 0 saturated carbocycles. The summed E-state index contributed by atoms with van der Waals surface area (Å²) < 4.78 is 6.23. The summed E-state index contributed by atoms with van der Waals surface area (Å²) >= 11 is 0. The predicted octanol–water partition coefficient (Wildman–Crippen LogP) is 2.54. The number of rotatable bonds is 7. The molecule has 5 atom stereocenters. The molecule has 6 rings (SSSR count). The molecule has 9 heteroatoms. The van der Waals surface area contributed by atoms with Crippen LogP contribution in [-0.4, -0.2) is 93.7 Å². The van der Waals surface area contributed by atoms with Gasteiger partial charge >= 0.3 is 6.01 Å². The van der Waals surface area contributed by atoms with Crippen molar-refractivity contribution in [1.82, 2.24) is 24.7 Å². The Morgan fingerprint density at radius 1 is 1.26 bits per heavy atom. The summed E-state index contributed by atoms with van der Waals surface area (Å²) in [6.07, 6.45) is 5.09. The van der Waals surface area contributed by atoms with E-state index < -0.39 is 6.10 Å². The van der Waals surface area contributed by atoms with E-state index in [1.165, 1.54) is 23.6 Å². The van der Waals surface area contributed by atoms with Gasteiger partial charge in [0.2, 0.25) is 5.91 Å². The Balaban J connectivity index is 1.30. The summed E-state index contributed by atoms with van der Waals surface area (Å²) in [5.41, 5.74) is 4.92. The first-order valence-corrected chi connectivity index (χ1v) is 14.2. The number of anilines is 1. The first-order chi connectivity index (χ1) is 18.9. The molecule has 1 aromatic heterocycles. The number of benzene rings is 1. The second-order valence-electron chi connectivity index (χ2n) is 11.6. The number of nitrogens with zero attached hydrogens (tertiary/aromatic N) is 6. The topological polar surface area (TPSA) is 85.3 Å². The number of likely N-dealkylation sites (N-methyl/N-ethyl adjacent to an activating group) is 2. The third-order valence-electron chi connectivity index (χ3n) is 9.44. The van der Waals surface area contributed by atoms with Gasteiger partial charge in [0.25, 0.3) is 0 Å². The highest BCUT2D eigenvalue weighted by Crippen LogP contribution is 2.42. The normalized spacial score (nSPS) is 28.5. The standard InChI is InChI=1S/C30H40N6O3/c1-5-27(37)36-17-26(28(38)19(36)2)34(4)29-23-15-35(25-13-12-20-9-6-7-11-22(20)25)16-24(23)31-30(32-29)39-18-21-10-8-14-33(21)3/h5-7,9,11,19,21,25-26,28,38H,1,8,10,12-18H2,2-4H3/t19?,21-,25?,26?,28?/m0/s1. The van der Waals surface area contributed by atoms with Crippen LogP contribution in [0.1, 0.15) is 54.6 Å². The molecule has 4 unspecified atom stereocenters. The first-order valence-electron chi connectivity index (χ1n) is 14.2. The van der Waals surface area contributed by atoms with Crippen LogP contribution in [0.15, 0.2) is 36.9 Å². The minimum atomic E-state index is -0.708. The van der Waals surface area contributed by atoms with Crippen LogP contribution in [0.25, 0.3) is 0 Å². The van der Waals surface area contributed by atoms with Gasteiger partial charge in [0.05, 0.1) is 23.9 Å². The lowest BCUT2D eigenvalue weighted by atomic mass is 10.1. The maximum absolute atomic E-state index is 12.5. The van der Waals surface area contributed by atoms with E-state index in [1.54, 1.807) is 4.90 Å². The molecule has 1 amide bonds. The van der Waals surface area contributed by atoms with Gasteiger partial charge in [0, 0.05) is 44.3 Å². The Morgan fingerprint density at radius 2 is 2.08 bits per heavy atom. The highest BCUT2D eigenvalue weighted by molar-refractivity contribution is 5.87. The SMILES string of the molecule is C=CC(=O)N1CC(N(C)c2nc(OC[C@@H]3CCCN3C)nc3c2CN(C2CCc4ccccc42)C3)C(O)C1C. The van der Waals surface area contributed by atoms with E-state index in [2.05, 4.69) is 47.7 Å². The van der Waals surface area contributed by atoms with E-state index in [0.717, 1.165) is 56.0 Å². The number of amides is 1. The smallest absolute Gasteiger partial charge is 0.318 e. The number of aliphatic hydroxyl groups excluding tert-OH is 1. The van der Waals surface area contributed by atoms with Gasteiger partial charge < -0.3 is 24.5 Å². The molecule has 0 radical (unpaired) electrons. The van der Waals surface area contributed by atoms with E-state index in [9.17, 15) is 9.90 Å². The van der Waals surface area contributed by atoms with Crippen molar-refractivity contribution in [1.29, 1.82) is 0 Å². The zero-order valence-corrected chi connectivity index (χ0v) is 23.3. The molecule has 4 heterocycles. The molecule has 39 heavy (non-hydrogen) atoms. The number of aliphatic hydroxyl groups is 1. The molecule has 208 valence electrons. The van der Waals surface area contributed by atoms with Gasteiger partial charge in [-0.1, -0.05) is 30.8 Å². The van der Waals surface area contributed by atoms with Crippen molar-refractivity contribution < 1.29 is 14.6 Å². The zero-order valence-electron chi connectivity index (χ0n) is 23.3. The first kappa shape index (κ1) is 26.2. The second-order valence-corrected chi connectivity index (χ2v) is 11.6. The van der Waals surface area contributed by atoms with Crippen LogP contribution in [0.4, 0.5) is 5.82 Å². The number of hydrogen-bond acceptors (Lipinski definition) is 8. The quantitative estimate of drug-likeness (QED) is 0.545. The van der Waals surface area contributed by atoms with E-state index >= 15 is 0 Å². The van der Waals surface area contributed by atoms with Crippen molar-refractivity contribution in [2.75, 3.05) is 38.7 Å². The minimum absolute atomic E-state index is 0.166. The van der Waals surface area contributed by atoms with Crippen molar-refractivity contribution in [3.63, 3.8) is 0 Å². The van der Waals surface area contributed by atoms with Crippen LogP contribution in [0.2, 0.25) is 0 Å². The predicted molar refractivity (Wildman–Crippen MR) is 149 cm³/mol. The molecule has 2 fully saturated rings. The lowest BCUT2D eigenvalue weighted by Crippen LogP contribution is -2.43. The fourth-order valence-corrected chi connectivity index (χ4v) is 6.99. The van der Waals surface area contributed by atoms with Gasteiger partial charge in [-0.3, -0.25) is 9.69 Å². The highest BCUT2D eigenvalue weighted by Gasteiger charge is 2.44. The molecule has 9 nitrogen and oxygen atoms in total. The lowest BCUT2D eigenvalue weighted by Gasteiger charge is -2.30. The molecule has 0 bridgehead atoms. The van der Waals surface area contributed by atoms with Gasteiger partial charge in [-0.05, 0) is 63.4 Å². The van der Waals surface area contributed by atoms with E-state index in [4.69, 9.17) is 14.7 Å². The van der Waals surface area contributed by atoms with E-state index in [-0.39, 0.29) is 18.0 Å². The molecular weight excluding hydrogens is 492 g/mol. The highest BCUT2D eigenvalue weighted by atomic mass is 16.5. The van der Waals surface area contributed by atoms with Gasteiger partial charge in [-0.2, -0.15) is 9.97 Å². The summed E-state index contributed by atoms with van der Waals surface area (Å²) in [5, 5.41) is 11.2. The average molecular weight is 533 g/mol. The van der Waals surface area contributed by atoms with Crippen molar-refractivity contribution in [3.05, 3.63) is 59.3 Å². The zero-order chi connectivity index (χ0) is 27.3. The lowest BCUT2D eigenvalue weighted by molar-refractivity contribution is -0.127. The molecule has 4 aliphatic rings. The van der Waals surface area contributed by atoms with Crippen molar-refractivity contribution in [3.8, 4) is 6.01 Å². The summed E-state index contributed by atoms with van der Waals surface area (Å²) in [4.78, 5) is 30.9. The molecular formula is C30H40N6O3. The third kappa shape index (κ3) is 4.70. The van der Waals surface area contributed by atoms with Crippen LogP contribution in [0.5, 0.6) is 6.01 Å². The number of fused-ring (bicyclic) bond motifs is 2. The Labute approximate surface area is 231 Å². The number of aromatic nitrogens is 2. The largest absolute Gasteiger partial charge is 0.462 e. The average Bonchev–Trinajstić information content (AvgIpc) is 3.72. The van der Waals surface area contributed by atoms with Gasteiger partial charge in [0.15, 0.2) is 0 Å². The van der Waals surface area contributed by atoms with Crippen molar-refractivity contribution in [2.24, 2.45) is 0 Å². The molecule has 0 spiro atoms. The number of aryl methyl sites for hydroxylation is 1. The third-order valence-corrected chi connectivity index (χ3v) is 9.44. The molecule has 2 aromatic rings. The maximum atomic E-state index is 12.5. The number of hydrogen-bond donors (Lipinski definition) is 1. The Bertz CT molecular complexity index is 1250. The fraction of sp³-hybridized carbons (Fsp3) is 0.567. The fourth-order valence-electron chi connectivity index (χ4n) is 6.99. The maximum Gasteiger partial charge on any atom is 0.318 e. The summed E-state index contributed by atoms with van der Waals surface area (Å²) in [6.45, 7) is 9.06. The Morgan fingerprint density at radius 3 is 2.85 bits per heavy atom. The van der Waals surface area contributed by atoms with Crippen LogP contribution in [0, 0.1) is 0 Å². The van der Waals surface area contributed by atoms with Crippen LogP contribution in [0.3, 0.4) is 0 Å². The summed E-state index contributed by atoms with van der Waals surface area (Å²) in [7, 11) is 4.10. The molecule has 1 N–H and O–H groups in total. The van der Waals surface area contributed by atoms with E-state index in [0.29, 0.717) is 31.2 Å². The monoisotopic (exact) mass is 532 g/mol. The van der Waals surface area contributed by atoms with Crippen LogP contribution in [-0.2, 0) is 24.3 Å². The summed E-state index contributed by atoms with van der Waals surface area (Å²) in [5.74, 6) is 0.619. The molecule has 2 saturated heterocycles. The molecule has 1 aliphatic carbocycles. The Hall–Kier alpha value is -3.01. The minimum Gasteiger partial charge on any atom is -0.462 e. The van der Waals surface area contributed by atoms with Gasteiger partial charge in [-0.25, -0.2) is 0 Å². The van der Waals surface area contributed by atoms with Gasteiger partial charge in [0.1, 0.15) is 12.4 Å².